The van der Waals surface area contributed by atoms with Crippen LogP contribution in [0.25, 0.3) is 0 Å². The Morgan fingerprint density at radius 3 is 2.69 bits per heavy atom. The van der Waals surface area contributed by atoms with Gasteiger partial charge < -0.3 is 14.6 Å². The third-order valence-electron chi connectivity index (χ3n) is 2.46. The number of para-hydroxylation sites is 2. The van der Waals surface area contributed by atoms with Crippen LogP contribution in [0, 0.1) is 0 Å². The maximum absolute atomic E-state index is 10.3. The van der Waals surface area contributed by atoms with Crippen molar-refractivity contribution in [1.29, 1.82) is 0 Å². The van der Waals surface area contributed by atoms with E-state index in [1.54, 1.807) is 6.07 Å². The lowest BCUT2D eigenvalue weighted by atomic mass is 10.2. The highest BCUT2D eigenvalue weighted by Crippen LogP contribution is 2.39. The van der Waals surface area contributed by atoms with Gasteiger partial charge in [-0.05, 0) is 23.6 Å². The van der Waals surface area contributed by atoms with Crippen LogP contribution in [0.2, 0.25) is 0 Å². The van der Waals surface area contributed by atoms with Gasteiger partial charge in [-0.2, -0.15) is 0 Å². The highest BCUT2D eigenvalue weighted by molar-refractivity contribution is 7.10. The Morgan fingerprint density at radius 1 is 1.12 bits per heavy atom. The number of aliphatic hydroxyl groups is 1. The van der Waals surface area contributed by atoms with Gasteiger partial charge >= 0.3 is 0 Å². The molecular weight excluding hydrogens is 224 g/mol. The minimum Gasteiger partial charge on any atom is -0.482 e. The van der Waals surface area contributed by atoms with Crippen molar-refractivity contribution in [2.75, 3.05) is 6.61 Å². The summed E-state index contributed by atoms with van der Waals surface area (Å²) in [6, 6.07) is 11.0. The summed E-state index contributed by atoms with van der Waals surface area (Å²) in [5.74, 6) is -0.115. The first-order valence-electron chi connectivity index (χ1n) is 4.95. The van der Waals surface area contributed by atoms with E-state index < -0.39 is 5.79 Å². The fourth-order valence-electron chi connectivity index (χ4n) is 1.66. The summed E-state index contributed by atoms with van der Waals surface area (Å²) in [4.78, 5) is 0.752. The highest BCUT2D eigenvalue weighted by Gasteiger charge is 2.38. The van der Waals surface area contributed by atoms with Crippen molar-refractivity contribution in [3.63, 3.8) is 0 Å². The molecule has 16 heavy (non-hydrogen) atoms. The Labute approximate surface area is 96.9 Å². The lowest BCUT2D eigenvalue weighted by Gasteiger charge is -2.32. The highest BCUT2D eigenvalue weighted by atomic mass is 32.1. The molecule has 1 aromatic carbocycles. The van der Waals surface area contributed by atoms with E-state index in [-0.39, 0.29) is 6.61 Å². The van der Waals surface area contributed by atoms with Crippen molar-refractivity contribution in [3.8, 4) is 11.5 Å². The molecule has 1 aliphatic heterocycles. The SMILES string of the molecule is OC1(c2cccs2)COc2ccccc2O1. The Morgan fingerprint density at radius 2 is 1.94 bits per heavy atom. The van der Waals surface area contributed by atoms with Crippen LogP contribution < -0.4 is 9.47 Å². The zero-order valence-electron chi connectivity index (χ0n) is 8.42. The molecule has 1 unspecified atom stereocenters. The second-order valence-electron chi connectivity index (χ2n) is 3.60. The summed E-state index contributed by atoms with van der Waals surface area (Å²) in [6.07, 6.45) is 0. The average molecular weight is 234 g/mol. The first kappa shape index (κ1) is 9.69. The third-order valence-corrected chi connectivity index (χ3v) is 3.46. The van der Waals surface area contributed by atoms with Gasteiger partial charge in [0, 0.05) is 0 Å². The Kier molecular flexibility index (Phi) is 2.12. The summed E-state index contributed by atoms with van der Waals surface area (Å²) >= 11 is 1.45. The first-order valence-corrected chi connectivity index (χ1v) is 5.83. The molecule has 82 valence electrons. The molecule has 0 fully saturated rings. The largest absolute Gasteiger partial charge is 0.482 e. The predicted molar refractivity (Wildman–Crippen MR) is 60.8 cm³/mol. The summed E-state index contributed by atoms with van der Waals surface area (Å²) in [5, 5.41) is 12.2. The fraction of sp³-hybridized carbons (Fsp3) is 0.167. The van der Waals surface area contributed by atoms with Gasteiger partial charge in [0.1, 0.15) is 0 Å². The van der Waals surface area contributed by atoms with E-state index in [2.05, 4.69) is 0 Å². The summed E-state index contributed by atoms with van der Waals surface area (Å²) in [6.45, 7) is 0.116. The number of thiophene rings is 1. The molecule has 0 bridgehead atoms. The number of rotatable bonds is 1. The van der Waals surface area contributed by atoms with Gasteiger partial charge in [0.15, 0.2) is 18.1 Å². The van der Waals surface area contributed by atoms with E-state index >= 15 is 0 Å². The second kappa shape index (κ2) is 3.50. The van der Waals surface area contributed by atoms with Crippen LogP contribution in [-0.2, 0) is 5.79 Å². The fourth-order valence-corrected chi connectivity index (χ4v) is 2.41. The van der Waals surface area contributed by atoms with Crippen LogP contribution in [-0.4, -0.2) is 11.7 Å². The lowest BCUT2D eigenvalue weighted by molar-refractivity contribution is -0.180. The van der Waals surface area contributed by atoms with E-state index in [9.17, 15) is 5.11 Å². The molecule has 0 saturated heterocycles. The molecule has 1 aliphatic rings. The van der Waals surface area contributed by atoms with Crippen molar-refractivity contribution >= 4 is 11.3 Å². The second-order valence-corrected chi connectivity index (χ2v) is 4.55. The summed E-state index contributed by atoms with van der Waals surface area (Å²) in [5.41, 5.74) is 0. The molecule has 1 atom stereocenters. The zero-order valence-corrected chi connectivity index (χ0v) is 9.24. The molecule has 0 spiro atoms. The van der Waals surface area contributed by atoms with Crippen LogP contribution in [0.15, 0.2) is 41.8 Å². The smallest absolute Gasteiger partial charge is 0.278 e. The van der Waals surface area contributed by atoms with Crippen LogP contribution in [0.3, 0.4) is 0 Å². The van der Waals surface area contributed by atoms with Crippen molar-refractivity contribution in [1.82, 2.24) is 0 Å². The molecule has 3 nitrogen and oxygen atoms in total. The van der Waals surface area contributed by atoms with Crippen LogP contribution in [0.4, 0.5) is 0 Å². The molecule has 0 amide bonds. The predicted octanol–water partition coefficient (Wildman–Crippen LogP) is 2.36. The average Bonchev–Trinajstić information content (AvgIpc) is 2.83. The third kappa shape index (κ3) is 1.47. The summed E-state index contributed by atoms with van der Waals surface area (Å²) < 4.78 is 11.1. The topological polar surface area (TPSA) is 38.7 Å². The van der Waals surface area contributed by atoms with Crippen LogP contribution >= 0.6 is 11.3 Å². The van der Waals surface area contributed by atoms with E-state index in [4.69, 9.17) is 9.47 Å². The van der Waals surface area contributed by atoms with Gasteiger partial charge in [-0.15, -0.1) is 11.3 Å². The van der Waals surface area contributed by atoms with E-state index in [1.165, 1.54) is 11.3 Å². The van der Waals surface area contributed by atoms with E-state index in [0.29, 0.717) is 11.5 Å². The van der Waals surface area contributed by atoms with Crippen LogP contribution in [0.5, 0.6) is 11.5 Å². The van der Waals surface area contributed by atoms with Crippen molar-refractivity contribution in [2.24, 2.45) is 0 Å². The Hall–Kier alpha value is -1.52. The van der Waals surface area contributed by atoms with Crippen molar-refractivity contribution in [2.45, 2.75) is 5.79 Å². The molecule has 4 heteroatoms. The molecule has 2 heterocycles. The van der Waals surface area contributed by atoms with Crippen molar-refractivity contribution < 1.29 is 14.6 Å². The first-order chi connectivity index (χ1) is 7.78. The van der Waals surface area contributed by atoms with E-state index in [1.807, 2.05) is 35.7 Å². The number of hydrogen-bond acceptors (Lipinski definition) is 4. The molecule has 3 rings (SSSR count). The monoisotopic (exact) mass is 234 g/mol. The lowest BCUT2D eigenvalue weighted by Crippen LogP contribution is -2.41. The molecule has 0 aliphatic carbocycles. The quantitative estimate of drug-likeness (QED) is 0.823. The van der Waals surface area contributed by atoms with Gasteiger partial charge in [-0.3, -0.25) is 0 Å². The maximum atomic E-state index is 10.3. The molecule has 0 saturated carbocycles. The minimum absolute atomic E-state index is 0.116. The standard InChI is InChI=1S/C12H10O3S/c13-12(11-6-3-7-16-11)8-14-9-4-1-2-5-10(9)15-12/h1-7,13H,8H2. The molecular formula is C12H10O3S. The number of hydrogen-bond donors (Lipinski definition) is 1. The number of benzene rings is 1. The Bertz CT molecular complexity index is 495. The number of fused-ring (bicyclic) bond motifs is 1. The van der Waals surface area contributed by atoms with Crippen molar-refractivity contribution in [3.05, 3.63) is 46.7 Å². The minimum atomic E-state index is -1.36. The Balaban J connectivity index is 1.98. The maximum Gasteiger partial charge on any atom is 0.278 e. The molecule has 0 radical (unpaired) electrons. The van der Waals surface area contributed by atoms with Crippen LogP contribution in [0.1, 0.15) is 4.88 Å². The normalized spacial score (nSPS) is 23.1. The van der Waals surface area contributed by atoms with Gasteiger partial charge in [0.05, 0.1) is 4.88 Å². The molecule has 2 aromatic rings. The van der Waals surface area contributed by atoms with Gasteiger partial charge in [-0.1, -0.05) is 18.2 Å². The zero-order chi connectivity index (χ0) is 11.0. The van der Waals surface area contributed by atoms with E-state index in [0.717, 1.165) is 4.88 Å². The van der Waals surface area contributed by atoms with Gasteiger partial charge in [-0.25, -0.2) is 0 Å². The van der Waals surface area contributed by atoms with Gasteiger partial charge in [0.2, 0.25) is 0 Å². The molecule has 1 aromatic heterocycles. The number of ether oxygens (including phenoxy) is 2. The van der Waals surface area contributed by atoms with Gasteiger partial charge in [0.25, 0.3) is 5.79 Å². The molecule has 1 N–H and O–H groups in total. The summed E-state index contributed by atoms with van der Waals surface area (Å²) in [7, 11) is 0.